The van der Waals surface area contributed by atoms with Crippen molar-refractivity contribution in [3.8, 4) is 0 Å². The molecule has 150 valence electrons. The van der Waals surface area contributed by atoms with E-state index in [0.29, 0.717) is 35.2 Å². The van der Waals surface area contributed by atoms with Gasteiger partial charge < -0.3 is 15.4 Å². The van der Waals surface area contributed by atoms with Crippen molar-refractivity contribution >= 4 is 22.6 Å². The molecule has 2 aromatic carbocycles. The molecule has 0 saturated carbocycles. The number of amides is 2. The molecule has 2 amide bonds. The van der Waals surface area contributed by atoms with E-state index in [2.05, 4.69) is 15.7 Å². The Morgan fingerprint density at radius 3 is 2.41 bits per heavy atom. The summed E-state index contributed by atoms with van der Waals surface area (Å²) in [6.07, 6.45) is 0. The van der Waals surface area contributed by atoms with E-state index in [0.717, 1.165) is 0 Å². The van der Waals surface area contributed by atoms with E-state index in [1.54, 1.807) is 49.6 Å². The van der Waals surface area contributed by atoms with Gasteiger partial charge in [-0.05, 0) is 18.2 Å². The summed E-state index contributed by atoms with van der Waals surface area (Å²) in [6, 6.07) is 15.8. The van der Waals surface area contributed by atoms with Gasteiger partial charge in [-0.1, -0.05) is 36.4 Å². The van der Waals surface area contributed by atoms with Crippen LogP contribution in [0.4, 0.5) is 0 Å². The van der Waals surface area contributed by atoms with Crippen molar-refractivity contribution in [2.24, 2.45) is 0 Å². The van der Waals surface area contributed by atoms with Gasteiger partial charge in [0, 0.05) is 18.1 Å². The third kappa shape index (κ3) is 5.05. The van der Waals surface area contributed by atoms with Crippen LogP contribution in [0, 0.1) is 0 Å². The van der Waals surface area contributed by atoms with Crippen LogP contribution in [0.1, 0.15) is 16.1 Å². The van der Waals surface area contributed by atoms with Gasteiger partial charge in [0.05, 0.1) is 37.3 Å². The zero-order valence-corrected chi connectivity index (χ0v) is 16.1. The maximum atomic E-state index is 12.5. The summed E-state index contributed by atoms with van der Waals surface area (Å²) in [6.45, 7) is 0.638. The first-order chi connectivity index (χ1) is 14.1. The average Bonchev–Trinajstić information content (AvgIpc) is 2.77. The van der Waals surface area contributed by atoms with Gasteiger partial charge in [0.2, 0.25) is 5.91 Å². The molecular weight excluding hydrogens is 372 g/mol. The zero-order chi connectivity index (χ0) is 20.6. The first-order valence-electron chi connectivity index (χ1n) is 9.17. The van der Waals surface area contributed by atoms with Crippen molar-refractivity contribution in [3.63, 3.8) is 0 Å². The fraction of sp³-hybridized carbons (Fsp3) is 0.238. The number of hydrogen-bond donors (Lipinski definition) is 2. The maximum Gasteiger partial charge on any atom is 0.274 e. The molecule has 0 bridgehead atoms. The molecule has 0 radical (unpaired) electrons. The molecule has 3 rings (SSSR count). The van der Waals surface area contributed by atoms with Gasteiger partial charge in [-0.25, -0.2) is 4.68 Å². The molecule has 2 N–H and O–H groups in total. The van der Waals surface area contributed by atoms with Crippen LogP contribution in [0.5, 0.6) is 0 Å². The average molecular weight is 394 g/mol. The molecule has 0 saturated heterocycles. The second-order valence-electron chi connectivity index (χ2n) is 6.34. The van der Waals surface area contributed by atoms with Crippen LogP contribution >= 0.6 is 0 Å². The highest BCUT2D eigenvalue weighted by Gasteiger charge is 2.12. The second kappa shape index (κ2) is 9.61. The van der Waals surface area contributed by atoms with Crippen LogP contribution < -0.4 is 16.2 Å². The summed E-state index contributed by atoms with van der Waals surface area (Å²) in [5.41, 5.74) is 0.847. The fourth-order valence-corrected chi connectivity index (χ4v) is 2.86. The minimum absolute atomic E-state index is 0.133. The lowest BCUT2D eigenvalue weighted by atomic mass is 10.1. The Balaban J connectivity index is 1.68. The lowest BCUT2D eigenvalue weighted by molar-refractivity contribution is -0.120. The number of nitrogens with one attached hydrogen (secondary N) is 2. The quantitative estimate of drug-likeness (QED) is 0.595. The summed E-state index contributed by atoms with van der Waals surface area (Å²) in [5.74, 6) is -0.674. The highest BCUT2D eigenvalue weighted by molar-refractivity contribution is 5.96. The van der Waals surface area contributed by atoms with Crippen LogP contribution in [0.15, 0.2) is 59.4 Å². The number of methoxy groups -OCH3 is 1. The normalized spacial score (nSPS) is 10.7. The predicted octanol–water partition coefficient (Wildman–Crippen LogP) is 1.09. The fourth-order valence-electron chi connectivity index (χ4n) is 2.86. The van der Waals surface area contributed by atoms with Crippen molar-refractivity contribution in [2.75, 3.05) is 20.3 Å². The van der Waals surface area contributed by atoms with Gasteiger partial charge in [-0.2, -0.15) is 5.10 Å². The number of rotatable bonds is 8. The summed E-state index contributed by atoms with van der Waals surface area (Å²) >= 11 is 0. The number of carbonyl (C=O) groups is 2. The number of aromatic nitrogens is 2. The first-order valence-corrected chi connectivity index (χ1v) is 9.17. The molecule has 0 fully saturated rings. The van der Waals surface area contributed by atoms with Crippen LogP contribution in [-0.2, 0) is 22.6 Å². The van der Waals surface area contributed by atoms with E-state index < -0.39 is 0 Å². The highest BCUT2D eigenvalue weighted by atomic mass is 16.5. The topological polar surface area (TPSA) is 102 Å². The highest BCUT2D eigenvalue weighted by Crippen LogP contribution is 2.13. The van der Waals surface area contributed by atoms with E-state index in [4.69, 9.17) is 4.74 Å². The van der Waals surface area contributed by atoms with Gasteiger partial charge in [0.25, 0.3) is 11.5 Å². The largest absolute Gasteiger partial charge is 0.383 e. The molecule has 0 spiro atoms. The Bertz CT molecular complexity index is 1060. The van der Waals surface area contributed by atoms with Crippen molar-refractivity contribution in [2.45, 2.75) is 13.1 Å². The number of ether oxygens (including phenoxy) is 1. The summed E-state index contributed by atoms with van der Waals surface area (Å²) < 4.78 is 6.37. The first kappa shape index (κ1) is 20.2. The summed E-state index contributed by atoms with van der Waals surface area (Å²) in [5, 5.41) is 10.9. The van der Waals surface area contributed by atoms with Crippen LogP contribution in [0.25, 0.3) is 10.8 Å². The Kier molecular flexibility index (Phi) is 6.70. The standard InChI is InChI=1S/C21H22N4O4/c1-29-12-11-25-21(28)17-10-6-5-9-16(17)18(24-25)13-22-19(26)14-23-20(27)15-7-3-2-4-8-15/h2-10H,11-14H2,1H3,(H,22,26)(H,23,27). The molecular formula is C21H22N4O4. The van der Waals surface area contributed by atoms with Gasteiger partial charge in [0.1, 0.15) is 0 Å². The van der Waals surface area contributed by atoms with Crippen molar-refractivity contribution in [1.82, 2.24) is 20.4 Å². The Hall–Kier alpha value is -3.52. The molecule has 1 heterocycles. The molecule has 3 aromatic rings. The Morgan fingerprint density at radius 1 is 1.00 bits per heavy atom. The minimum Gasteiger partial charge on any atom is -0.383 e. The molecule has 0 atom stereocenters. The molecule has 0 aliphatic carbocycles. The molecule has 8 nitrogen and oxygen atoms in total. The van der Waals surface area contributed by atoms with E-state index in [-0.39, 0.29) is 30.5 Å². The van der Waals surface area contributed by atoms with E-state index in [1.165, 1.54) is 4.68 Å². The molecule has 0 aliphatic heterocycles. The smallest absolute Gasteiger partial charge is 0.274 e. The second-order valence-corrected chi connectivity index (χ2v) is 6.34. The van der Waals surface area contributed by atoms with Crippen LogP contribution in [0.3, 0.4) is 0 Å². The van der Waals surface area contributed by atoms with E-state index in [1.807, 2.05) is 12.1 Å². The molecule has 0 aliphatic rings. The number of hydrogen-bond acceptors (Lipinski definition) is 5. The minimum atomic E-state index is -0.352. The maximum absolute atomic E-state index is 12.5. The lowest BCUT2D eigenvalue weighted by Crippen LogP contribution is -2.37. The molecule has 0 unspecified atom stereocenters. The van der Waals surface area contributed by atoms with Crippen molar-refractivity contribution < 1.29 is 14.3 Å². The lowest BCUT2D eigenvalue weighted by Gasteiger charge is -2.12. The van der Waals surface area contributed by atoms with Gasteiger partial charge in [-0.3, -0.25) is 14.4 Å². The van der Waals surface area contributed by atoms with Gasteiger partial charge in [0.15, 0.2) is 0 Å². The third-order valence-electron chi connectivity index (χ3n) is 4.35. The Labute approximate surface area is 167 Å². The number of fused-ring (bicyclic) bond motifs is 1. The van der Waals surface area contributed by atoms with Crippen molar-refractivity contribution in [1.29, 1.82) is 0 Å². The summed E-state index contributed by atoms with van der Waals surface area (Å²) in [7, 11) is 1.55. The third-order valence-corrected chi connectivity index (χ3v) is 4.35. The SMILES string of the molecule is COCCn1nc(CNC(=O)CNC(=O)c2ccccc2)c2ccccc2c1=O. The van der Waals surface area contributed by atoms with E-state index in [9.17, 15) is 14.4 Å². The van der Waals surface area contributed by atoms with E-state index >= 15 is 0 Å². The monoisotopic (exact) mass is 394 g/mol. The number of carbonyl (C=O) groups excluding carboxylic acids is 2. The molecule has 1 aromatic heterocycles. The van der Waals surface area contributed by atoms with Crippen LogP contribution in [0.2, 0.25) is 0 Å². The summed E-state index contributed by atoms with van der Waals surface area (Å²) in [4.78, 5) is 36.7. The van der Waals surface area contributed by atoms with Crippen LogP contribution in [-0.4, -0.2) is 41.9 Å². The molecule has 8 heteroatoms. The number of nitrogens with zero attached hydrogens (tertiary/aromatic N) is 2. The predicted molar refractivity (Wildman–Crippen MR) is 109 cm³/mol. The number of benzene rings is 2. The zero-order valence-electron chi connectivity index (χ0n) is 16.1. The molecule has 29 heavy (non-hydrogen) atoms. The van der Waals surface area contributed by atoms with Crippen molar-refractivity contribution in [3.05, 3.63) is 76.2 Å². The Morgan fingerprint density at radius 2 is 1.69 bits per heavy atom. The van der Waals surface area contributed by atoms with Gasteiger partial charge in [-0.15, -0.1) is 0 Å². The van der Waals surface area contributed by atoms with Gasteiger partial charge >= 0.3 is 0 Å².